The summed E-state index contributed by atoms with van der Waals surface area (Å²) in [7, 11) is 0. The number of rotatable bonds is 4. The minimum absolute atomic E-state index is 0.149. The molecule has 16 heavy (non-hydrogen) atoms. The summed E-state index contributed by atoms with van der Waals surface area (Å²) in [5, 5.41) is 1.98. The SMILES string of the molecule is CCN(CC)C(=O)Cc1cn2ccsc2n1. The van der Waals surface area contributed by atoms with E-state index < -0.39 is 0 Å². The highest BCUT2D eigenvalue weighted by Gasteiger charge is 2.12. The van der Waals surface area contributed by atoms with Gasteiger partial charge < -0.3 is 4.90 Å². The molecule has 0 radical (unpaired) electrons. The Morgan fingerprint density at radius 1 is 1.50 bits per heavy atom. The van der Waals surface area contributed by atoms with E-state index in [0.29, 0.717) is 6.42 Å². The first-order chi connectivity index (χ1) is 7.74. The van der Waals surface area contributed by atoms with E-state index in [4.69, 9.17) is 0 Å². The molecule has 4 nitrogen and oxygen atoms in total. The number of hydrogen-bond donors (Lipinski definition) is 0. The monoisotopic (exact) mass is 237 g/mol. The van der Waals surface area contributed by atoms with Crippen molar-refractivity contribution in [3.05, 3.63) is 23.5 Å². The zero-order valence-corrected chi connectivity index (χ0v) is 10.3. The summed E-state index contributed by atoms with van der Waals surface area (Å²) < 4.78 is 1.95. The predicted molar refractivity (Wildman–Crippen MR) is 64.7 cm³/mol. The number of likely N-dealkylation sites (N-methyl/N-ethyl adjacent to an activating group) is 1. The molecule has 0 saturated carbocycles. The van der Waals surface area contributed by atoms with Gasteiger partial charge in [0.1, 0.15) is 0 Å². The van der Waals surface area contributed by atoms with Crippen molar-refractivity contribution >= 4 is 22.2 Å². The normalized spacial score (nSPS) is 10.9. The number of carbonyl (C=O) groups is 1. The Morgan fingerprint density at radius 2 is 2.25 bits per heavy atom. The minimum atomic E-state index is 0.149. The van der Waals surface area contributed by atoms with Crippen LogP contribution in [0.1, 0.15) is 19.5 Å². The molecule has 0 aromatic carbocycles. The lowest BCUT2D eigenvalue weighted by molar-refractivity contribution is -0.130. The number of hydrogen-bond acceptors (Lipinski definition) is 3. The van der Waals surface area contributed by atoms with Gasteiger partial charge in [0.15, 0.2) is 4.96 Å². The van der Waals surface area contributed by atoms with Crippen LogP contribution in [0.25, 0.3) is 4.96 Å². The fourth-order valence-corrected chi connectivity index (χ4v) is 2.42. The Bertz CT molecular complexity index is 456. The van der Waals surface area contributed by atoms with Crippen molar-refractivity contribution in [1.82, 2.24) is 14.3 Å². The average Bonchev–Trinajstić information content (AvgIpc) is 2.79. The molecule has 1 amide bonds. The maximum atomic E-state index is 11.9. The standard InChI is InChI=1S/C11H15N3OS/c1-3-13(4-2)10(15)7-9-8-14-5-6-16-11(14)12-9/h5-6,8H,3-4,7H2,1-2H3. The fourth-order valence-electron chi connectivity index (χ4n) is 1.70. The van der Waals surface area contributed by atoms with Gasteiger partial charge in [-0.05, 0) is 13.8 Å². The summed E-state index contributed by atoms with van der Waals surface area (Å²) in [6, 6.07) is 0. The molecule has 0 aliphatic heterocycles. The van der Waals surface area contributed by atoms with Gasteiger partial charge in [0, 0.05) is 30.9 Å². The lowest BCUT2D eigenvalue weighted by Gasteiger charge is -2.17. The second-order valence-corrected chi connectivity index (χ2v) is 4.44. The van der Waals surface area contributed by atoms with Crippen molar-refractivity contribution in [3.63, 3.8) is 0 Å². The Kier molecular flexibility index (Phi) is 3.24. The number of nitrogens with zero attached hydrogens (tertiary/aromatic N) is 3. The van der Waals surface area contributed by atoms with Crippen LogP contribution in [0.4, 0.5) is 0 Å². The number of fused-ring (bicyclic) bond motifs is 1. The van der Waals surface area contributed by atoms with Crippen molar-refractivity contribution < 1.29 is 4.79 Å². The second kappa shape index (κ2) is 4.65. The quantitative estimate of drug-likeness (QED) is 0.813. The van der Waals surface area contributed by atoms with Gasteiger partial charge in [0.2, 0.25) is 5.91 Å². The predicted octanol–water partition coefficient (Wildman–Crippen LogP) is 1.81. The van der Waals surface area contributed by atoms with Crippen molar-refractivity contribution in [2.24, 2.45) is 0 Å². The molecule has 0 saturated heterocycles. The highest BCUT2D eigenvalue weighted by atomic mass is 32.1. The maximum Gasteiger partial charge on any atom is 0.228 e. The van der Waals surface area contributed by atoms with Crippen LogP contribution >= 0.6 is 11.3 Å². The van der Waals surface area contributed by atoms with E-state index in [1.807, 2.05) is 40.9 Å². The van der Waals surface area contributed by atoms with Crippen LogP contribution in [-0.2, 0) is 11.2 Å². The number of aromatic nitrogens is 2. The molecule has 2 heterocycles. The van der Waals surface area contributed by atoms with Gasteiger partial charge in [-0.25, -0.2) is 4.98 Å². The Morgan fingerprint density at radius 3 is 2.88 bits per heavy atom. The Labute approximate surface area is 98.5 Å². The first-order valence-corrected chi connectivity index (χ1v) is 6.31. The highest BCUT2D eigenvalue weighted by Crippen LogP contribution is 2.12. The zero-order chi connectivity index (χ0) is 11.5. The molecule has 2 aromatic heterocycles. The molecule has 0 unspecified atom stereocenters. The van der Waals surface area contributed by atoms with E-state index >= 15 is 0 Å². The van der Waals surface area contributed by atoms with Gasteiger partial charge in [0.05, 0.1) is 12.1 Å². The maximum absolute atomic E-state index is 11.9. The van der Waals surface area contributed by atoms with E-state index in [1.165, 1.54) is 0 Å². The molecule has 2 aromatic rings. The van der Waals surface area contributed by atoms with Gasteiger partial charge in [-0.15, -0.1) is 11.3 Å². The average molecular weight is 237 g/mol. The molecular weight excluding hydrogens is 222 g/mol. The molecule has 0 N–H and O–H groups in total. The third-order valence-corrected chi connectivity index (χ3v) is 3.36. The van der Waals surface area contributed by atoms with Crippen molar-refractivity contribution in [2.45, 2.75) is 20.3 Å². The first-order valence-electron chi connectivity index (χ1n) is 5.43. The summed E-state index contributed by atoms with van der Waals surface area (Å²) >= 11 is 1.58. The third kappa shape index (κ3) is 2.09. The molecular formula is C11H15N3OS. The van der Waals surface area contributed by atoms with Crippen LogP contribution in [0.2, 0.25) is 0 Å². The number of imidazole rings is 1. The second-order valence-electron chi connectivity index (χ2n) is 3.57. The van der Waals surface area contributed by atoms with Gasteiger partial charge in [-0.2, -0.15) is 0 Å². The number of thiazole rings is 1. The number of amides is 1. The van der Waals surface area contributed by atoms with Gasteiger partial charge in [0.25, 0.3) is 0 Å². The van der Waals surface area contributed by atoms with Gasteiger partial charge in [-0.3, -0.25) is 9.20 Å². The van der Waals surface area contributed by atoms with E-state index in [2.05, 4.69) is 4.98 Å². The van der Waals surface area contributed by atoms with E-state index in [1.54, 1.807) is 11.3 Å². The Balaban J connectivity index is 2.09. The van der Waals surface area contributed by atoms with Crippen LogP contribution in [0, 0.1) is 0 Å². The van der Waals surface area contributed by atoms with E-state index in [-0.39, 0.29) is 5.91 Å². The van der Waals surface area contributed by atoms with Crippen LogP contribution in [0.5, 0.6) is 0 Å². The molecule has 0 bridgehead atoms. The summed E-state index contributed by atoms with van der Waals surface area (Å²) in [5.74, 6) is 0.149. The molecule has 0 aliphatic rings. The summed E-state index contributed by atoms with van der Waals surface area (Å²) in [6.07, 6.45) is 4.28. The molecule has 5 heteroatoms. The molecule has 0 atom stereocenters. The van der Waals surface area contributed by atoms with Crippen molar-refractivity contribution in [1.29, 1.82) is 0 Å². The lowest BCUT2D eigenvalue weighted by Crippen LogP contribution is -2.31. The molecule has 0 aliphatic carbocycles. The van der Waals surface area contributed by atoms with Crippen LogP contribution in [0.3, 0.4) is 0 Å². The molecule has 2 rings (SSSR count). The van der Waals surface area contributed by atoms with Gasteiger partial charge in [-0.1, -0.05) is 0 Å². The minimum Gasteiger partial charge on any atom is -0.343 e. The summed E-state index contributed by atoms with van der Waals surface area (Å²) in [6.45, 7) is 5.51. The highest BCUT2D eigenvalue weighted by molar-refractivity contribution is 7.15. The third-order valence-electron chi connectivity index (χ3n) is 2.59. The van der Waals surface area contributed by atoms with Crippen LogP contribution in [0.15, 0.2) is 17.8 Å². The molecule has 0 fully saturated rings. The van der Waals surface area contributed by atoms with E-state index in [0.717, 1.165) is 23.7 Å². The topological polar surface area (TPSA) is 37.6 Å². The zero-order valence-electron chi connectivity index (χ0n) is 9.51. The van der Waals surface area contributed by atoms with Crippen molar-refractivity contribution in [2.75, 3.05) is 13.1 Å². The fraction of sp³-hybridized carbons (Fsp3) is 0.455. The molecule has 0 spiro atoms. The van der Waals surface area contributed by atoms with Crippen molar-refractivity contribution in [3.8, 4) is 0 Å². The summed E-state index contributed by atoms with van der Waals surface area (Å²) in [4.78, 5) is 19.0. The largest absolute Gasteiger partial charge is 0.343 e. The van der Waals surface area contributed by atoms with Crippen LogP contribution < -0.4 is 0 Å². The van der Waals surface area contributed by atoms with Gasteiger partial charge >= 0.3 is 0 Å². The smallest absolute Gasteiger partial charge is 0.228 e. The Hall–Kier alpha value is -1.36. The van der Waals surface area contributed by atoms with E-state index in [9.17, 15) is 4.79 Å². The lowest BCUT2D eigenvalue weighted by atomic mass is 10.3. The summed E-state index contributed by atoms with van der Waals surface area (Å²) in [5.41, 5.74) is 0.851. The van der Waals surface area contributed by atoms with Crippen LogP contribution in [-0.4, -0.2) is 33.3 Å². The molecule has 86 valence electrons. The first kappa shape index (κ1) is 11.1. The number of carbonyl (C=O) groups excluding carboxylic acids is 1.